The van der Waals surface area contributed by atoms with Gasteiger partial charge in [-0.1, -0.05) is 35.3 Å². The zero-order valence-corrected chi connectivity index (χ0v) is 15.6. The number of carboxylic acid groups (broad SMARTS) is 1. The molecule has 0 fully saturated rings. The molecule has 138 valence electrons. The van der Waals surface area contributed by atoms with Crippen molar-refractivity contribution in [3.8, 4) is 11.8 Å². The second-order valence-corrected chi connectivity index (χ2v) is 6.23. The molecule has 0 unspecified atom stereocenters. The maximum Gasteiger partial charge on any atom is 0.344 e. The van der Waals surface area contributed by atoms with Crippen LogP contribution < -0.4 is 10.1 Å². The van der Waals surface area contributed by atoms with Crippen molar-refractivity contribution in [2.24, 2.45) is 0 Å². The number of nitriles is 1. The number of hydrogen-bond acceptors (Lipinski definition) is 4. The summed E-state index contributed by atoms with van der Waals surface area (Å²) in [6, 6.07) is 12.7. The molecule has 2 aromatic carbocycles. The molecule has 2 aromatic rings. The third-order valence-electron chi connectivity index (χ3n) is 3.39. The predicted octanol–water partition coefficient (Wildman–Crippen LogP) is 4.39. The Bertz CT molecular complexity index is 934. The smallest absolute Gasteiger partial charge is 0.344 e. The summed E-state index contributed by atoms with van der Waals surface area (Å²) in [7, 11) is 0. The lowest BCUT2D eigenvalue weighted by molar-refractivity contribution is -0.144. The molecule has 0 aliphatic rings. The van der Waals surface area contributed by atoms with Gasteiger partial charge in [-0.2, -0.15) is 5.26 Å². The predicted molar refractivity (Wildman–Crippen MR) is 103 cm³/mol. The zero-order valence-electron chi connectivity index (χ0n) is 14.1. The summed E-state index contributed by atoms with van der Waals surface area (Å²) in [5, 5.41) is 21.3. The van der Waals surface area contributed by atoms with Gasteiger partial charge in [0.1, 0.15) is 17.4 Å². The number of nitrogens with one attached hydrogen (secondary N) is 1. The van der Waals surface area contributed by atoms with Crippen molar-refractivity contribution in [1.82, 2.24) is 0 Å². The fourth-order valence-corrected chi connectivity index (χ4v) is 2.28. The van der Waals surface area contributed by atoms with E-state index in [2.05, 4.69) is 5.32 Å². The monoisotopic (exact) mass is 404 g/mol. The van der Waals surface area contributed by atoms with Gasteiger partial charge in [-0.05, 0) is 48.9 Å². The molecule has 0 aliphatic carbocycles. The minimum atomic E-state index is -1.08. The number of hydrogen-bond donors (Lipinski definition) is 2. The van der Waals surface area contributed by atoms with Crippen LogP contribution in [0.1, 0.15) is 12.5 Å². The van der Waals surface area contributed by atoms with Gasteiger partial charge in [-0.3, -0.25) is 4.79 Å². The van der Waals surface area contributed by atoms with Gasteiger partial charge in [0.15, 0.2) is 6.10 Å². The van der Waals surface area contributed by atoms with Crippen molar-refractivity contribution in [2.75, 3.05) is 5.32 Å². The van der Waals surface area contributed by atoms with E-state index in [-0.39, 0.29) is 10.6 Å². The van der Waals surface area contributed by atoms with Crippen molar-refractivity contribution >= 4 is 46.8 Å². The van der Waals surface area contributed by atoms with Gasteiger partial charge in [0.2, 0.25) is 0 Å². The van der Waals surface area contributed by atoms with E-state index >= 15 is 0 Å². The van der Waals surface area contributed by atoms with Gasteiger partial charge >= 0.3 is 5.97 Å². The van der Waals surface area contributed by atoms with E-state index < -0.39 is 18.0 Å². The zero-order chi connectivity index (χ0) is 20.0. The summed E-state index contributed by atoms with van der Waals surface area (Å²) in [5.41, 5.74) is 0.863. The van der Waals surface area contributed by atoms with E-state index in [1.54, 1.807) is 30.3 Å². The number of rotatable bonds is 6. The fraction of sp³-hybridized carbons (Fsp3) is 0.105. The average molecular weight is 405 g/mol. The van der Waals surface area contributed by atoms with Gasteiger partial charge in [0.05, 0.1) is 10.0 Å². The Morgan fingerprint density at radius 3 is 2.41 bits per heavy atom. The third kappa shape index (κ3) is 5.74. The molecular weight excluding hydrogens is 391 g/mol. The summed E-state index contributed by atoms with van der Waals surface area (Å²) in [6.45, 7) is 1.41. The van der Waals surface area contributed by atoms with Gasteiger partial charge in [-0.15, -0.1) is 0 Å². The van der Waals surface area contributed by atoms with E-state index in [4.69, 9.17) is 33.0 Å². The number of aliphatic carboxylic acids is 1. The maximum absolute atomic E-state index is 12.3. The normalized spacial score (nSPS) is 12.0. The van der Waals surface area contributed by atoms with Crippen LogP contribution in [-0.2, 0) is 9.59 Å². The standard InChI is InChI=1S/C19H14Cl2N2O4/c1-11(19(25)26)27-15-5-2-12(3-6-15)8-13(10-22)18(24)23-14-4-7-16(20)17(21)9-14/h2-9,11H,1H3,(H,23,24)(H,25,26)/b13-8-/t11-/m0/s1. The van der Waals surface area contributed by atoms with Gasteiger partial charge in [-0.25, -0.2) is 4.79 Å². The van der Waals surface area contributed by atoms with Crippen molar-refractivity contribution < 1.29 is 19.4 Å². The molecule has 0 aromatic heterocycles. The Hall–Kier alpha value is -3.01. The SMILES string of the molecule is C[C@H](Oc1ccc(/C=C(/C#N)C(=O)Nc2ccc(Cl)c(Cl)c2)cc1)C(=O)O. The first kappa shape index (κ1) is 20.3. The van der Waals surface area contributed by atoms with Crippen LogP contribution >= 0.6 is 23.2 Å². The summed E-state index contributed by atoms with van der Waals surface area (Å²) >= 11 is 11.7. The number of halogens is 2. The summed E-state index contributed by atoms with van der Waals surface area (Å²) in [6.07, 6.45) is 0.412. The molecule has 2 rings (SSSR count). The molecule has 1 amide bonds. The number of carbonyl (C=O) groups is 2. The summed E-state index contributed by atoms with van der Waals surface area (Å²) < 4.78 is 5.22. The van der Waals surface area contributed by atoms with E-state index in [0.717, 1.165) is 0 Å². The minimum absolute atomic E-state index is 0.117. The topological polar surface area (TPSA) is 99.4 Å². The lowest BCUT2D eigenvalue weighted by Gasteiger charge is -2.10. The molecular formula is C19H14Cl2N2O4. The second kappa shape index (κ2) is 9.08. The highest BCUT2D eigenvalue weighted by Crippen LogP contribution is 2.25. The Kier molecular flexibility index (Phi) is 6.83. The highest BCUT2D eigenvalue weighted by atomic mass is 35.5. The molecule has 0 saturated carbocycles. The van der Waals surface area contributed by atoms with E-state index in [1.807, 2.05) is 6.07 Å². The van der Waals surface area contributed by atoms with E-state index in [1.165, 1.54) is 25.1 Å². The number of carboxylic acids is 1. The molecule has 1 atom stereocenters. The van der Waals surface area contributed by atoms with Crippen molar-refractivity contribution in [1.29, 1.82) is 5.26 Å². The van der Waals surface area contributed by atoms with Gasteiger partial charge in [0.25, 0.3) is 5.91 Å². The molecule has 0 aliphatic heterocycles. The Balaban J connectivity index is 2.12. The number of anilines is 1. The number of carbonyl (C=O) groups excluding carboxylic acids is 1. The molecule has 0 spiro atoms. The Morgan fingerprint density at radius 1 is 1.19 bits per heavy atom. The van der Waals surface area contributed by atoms with Crippen molar-refractivity contribution in [3.63, 3.8) is 0 Å². The quantitative estimate of drug-likeness (QED) is 0.549. The molecule has 6 nitrogen and oxygen atoms in total. The molecule has 8 heteroatoms. The highest BCUT2D eigenvalue weighted by molar-refractivity contribution is 6.42. The highest BCUT2D eigenvalue weighted by Gasteiger charge is 2.13. The average Bonchev–Trinajstić information content (AvgIpc) is 2.63. The third-order valence-corrected chi connectivity index (χ3v) is 4.13. The maximum atomic E-state index is 12.3. The molecule has 2 N–H and O–H groups in total. The lowest BCUT2D eigenvalue weighted by atomic mass is 10.1. The Morgan fingerprint density at radius 2 is 1.85 bits per heavy atom. The number of benzene rings is 2. The molecule has 0 saturated heterocycles. The molecule has 0 bridgehead atoms. The number of amides is 1. The Labute approximate surface area is 165 Å². The van der Waals surface area contributed by atoms with Crippen LogP contribution in [0.2, 0.25) is 10.0 Å². The van der Waals surface area contributed by atoms with Crippen LogP contribution in [0.5, 0.6) is 5.75 Å². The number of nitrogens with zero attached hydrogens (tertiary/aromatic N) is 1. The molecule has 27 heavy (non-hydrogen) atoms. The first-order valence-electron chi connectivity index (χ1n) is 7.68. The minimum Gasteiger partial charge on any atom is -0.479 e. The first-order chi connectivity index (χ1) is 12.8. The number of ether oxygens (including phenoxy) is 1. The summed E-state index contributed by atoms with van der Waals surface area (Å²) in [4.78, 5) is 23.1. The van der Waals surface area contributed by atoms with Gasteiger partial charge < -0.3 is 15.2 Å². The van der Waals surface area contributed by atoms with Crippen LogP contribution in [0.25, 0.3) is 6.08 Å². The van der Waals surface area contributed by atoms with Crippen LogP contribution in [0.4, 0.5) is 5.69 Å². The van der Waals surface area contributed by atoms with Crippen LogP contribution in [-0.4, -0.2) is 23.1 Å². The van der Waals surface area contributed by atoms with E-state index in [9.17, 15) is 14.9 Å². The lowest BCUT2D eigenvalue weighted by Crippen LogP contribution is -2.22. The van der Waals surface area contributed by atoms with Gasteiger partial charge in [0, 0.05) is 5.69 Å². The van der Waals surface area contributed by atoms with E-state index in [0.29, 0.717) is 22.0 Å². The molecule has 0 radical (unpaired) electrons. The molecule has 0 heterocycles. The summed E-state index contributed by atoms with van der Waals surface area (Å²) in [5.74, 6) is -1.32. The fourth-order valence-electron chi connectivity index (χ4n) is 1.98. The van der Waals surface area contributed by atoms with Crippen LogP contribution in [0, 0.1) is 11.3 Å². The van der Waals surface area contributed by atoms with Crippen LogP contribution in [0.15, 0.2) is 48.0 Å². The second-order valence-electron chi connectivity index (χ2n) is 5.42. The van der Waals surface area contributed by atoms with Crippen molar-refractivity contribution in [2.45, 2.75) is 13.0 Å². The largest absolute Gasteiger partial charge is 0.479 e. The van der Waals surface area contributed by atoms with Crippen molar-refractivity contribution in [3.05, 3.63) is 63.6 Å². The first-order valence-corrected chi connectivity index (χ1v) is 8.43. The van der Waals surface area contributed by atoms with Crippen LogP contribution in [0.3, 0.4) is 0 Å².